The number of benzene rings is 3. The van der Waals surface area contributed by atoms with Gasteiger partial charge in [0.1, 0.15) is 5.69 Å². The van der Waals surface area contributed by atoms with Gasteiger partial charge in [-0.25, -0.2) is 0 Å². The molecule has 0 saturated heterocycles. The van der Waals surface area contributed by atoms with Crippen LogP contribution in [0.5, 0.6) is 0 Å². The quantitative estimate of drug-likeness (QED) is 0.285. The summed E-state index contributed by atoms with van der Waals surface area (Å²) in [5, 5.41) is 4.99. The first-order chi connectivity index (χ1) is 17.0. The molecule has 176 valence electrons. The van der Waals surface area contributed by atoms with E-state index in [0.29, 0.717) is 40.1 Å². The Balaban J connectivity index is 1.47. The second-order valence-electron chi connectivity index (χ2n) is 7.97. The van der Waals surface area contributed by atoms with Crippen molar-refractivity contribution in [3.05, 3.63) is 112 Å². The van der Waals surface area contributed by atoms with Crippen molar-refractivity contribution >= 4 is 40.0 Å². The van der Waals surface area contributed by atoms with Crippen LogP contribution in [0.25, 0.3) is 10.8 Å². The predicted molar refractivity (Wildman–Crippen MR) is 135 cm³/mol. The summed E-state index contributed by atoms with van der Waals surface area (Å²) < 4.78 is 4.76. The van der Waals surface area contributed by atoms with Crippen LogP contribution in [-0.4, -0.2) is 36.3 Å². The molecular weight excluding hydrogens is 464 g/mol. The molecule has 1 aromatic heterocycles. The molecule has 1 N–H and O–H groups in total. The topological polar surface area (TPSA) is 85.4 Å². The first-order valence-electron chi connectivity index (χ1n) is 11.1. The number of pyridine rings is 1. The van der Waals surface area contributed by atoms with Crippen LogP contribution < -0.4 is 5.32 Å². The minimum absolute atomic E-state index is 0.0698. The number of esters is 1. The standard InChI is InChI=1S/C28H23ClN2O4/c1-35-25(32)16-21-17-31-26(24-5-3-2-4-23(21)24)27(33)19-8-10-20(11-9-19)28(34)30-15-14-18-6-12-22(29)13-7-18/h2-13,17H,14-16H2,1H3,(H,30,34). The highest BCUT2D eigenvalue weighted by Gasteiger charge is 2.18. The van der Waals surface area contributed by atoms with E-state index in [-0.39, 0.29) is 29.8 Å². The van der Waals surface area contributed by atoms with Gasteiger partial charge in [0.05, 0.1) is 13.5 Å². The molecule has 0 aliphatic heterocycles. The van der Waals surface area contributed by atoms with Crippen LogP contribution in [0.1, 0.15) is 37.5 Å². The van der Waals surface area contributed by atoms with Crippen molar-refractivity contribution in [2.75, 3.05) is 13.7 Å². The summed E-state index contributed by atoms with van der Waals surface area (Å²) in [6.07, 6.45) is 2.29. The Kier molecular flexibility index (Phi) is 7.53. The third kappa shape index (κ3) is 5.73. The first-order valence-corrected chi connectivity index (χ1v) is 11.4. The number of methoxy groups -OCH3 is 1. The van der Waals surface area contributed by atoms with Gasteiger partial charge in [0.25, 0.3) is 5.91 Å². The molecule has 35 heavy (non-hydrogen) atoms. The van der Waals surface area contributed by atoms with Crippen LogP contribution in [0.3, 0.4) is 0 Å². The molecule has 3 aromatic carbocycles. The fraction of sp³-hybridized carbons (Fsp3) is 0.143. The van der Waals surface area contributed by atoms with E-state index < -0.39 is 0 Å². The van der Waals surface area contributed by atoms with Crippen molar-refractivity contribution in [2.45, 2.75) is 12.8 Å². The number of fused-ring (bicyclic) bond motifs is 1. The van der Waals surface area contributed by atoms with E-state index in [0.717, 1.165) is 10.9 Å². The van der Waals surface area contributed by atoms with Crippen LogP contribution in [0.15, 0.2) is 79.0 Å². The highest BCUT2D eigenvalue weighted by atomic mass is 35.5. The fourth-order valence-corrected chi connectivity index (χ4v) is 3.91. The molecule has 4 rings (SSSR count). The van der Waals surface area contributed by atoms with E-state index in [2.05, 4.69) is 10.3 Å². The first kappa shape index (κ1) is 24.1. The van der Waals surface area contributed by atoms with E-state index in [4.69, 9.17) is 16.3 Å². The van der Waals surface area contributed by atoms with E-state index in [1.807, 2.05) is 42.5 Å². The predicted octanol–water partition coefficient (Wildman–Crippen LogP) is 4.81. The van der Waals surface area contributed by atoms with Crippen molar-refractivity contribution in [3.63, 3.8) is 0 Å². The van der Waals surface area contributed by atoms with Gasteiger partial charge < -0.3 is 10.1 Å². The Morgan fingerprint density at radius 2 is 1.54 bits per heavy atom. The van der Waals surface area contributed by atoms with Crippen LogP contribution in [0.2, 0.25) is 5.02 Å². The molecule has 0 saturated carbocycles. The summed E-state index contributed by atoms with van der Waals surface area (Å²) in [5.74, 6) is -0.854. The number of carbonyl (C=O) groups is 3. The van der Waals surface area contributed by atoms with Gasteiger partial charge in [-0.05, 0) is 47.2 Å². The summed E-state index contributed by atoms with van der Waals surface area (Å²) in [5.41, 5.74) is 2.93. The second kappa shape index (κ2) is 10.9. The van der Waals surface area contributed by atoms with Crippen molar-refractivity contribution in [3.8, 4) is 0 Å². The molecule has 0 aliphatic rings. The zero-order valence-electron chi connectivity index (χ0n) is 19.1. The van der Waals surface area contributed by atoms with Gasteiger partial charge in [0, 0.05) is 34.3 Å². The zero-order valence-corrected chi connectivity index (χ0v) is 19.8. The monoisotopic (exact) mass is 486 g/mol. The van der Waals surface area contributed by atoms with Gasteiger partial charge in [0.2, 0.25) is 5.78 Å². The molecule has 0 radical (unpaired) electrons. The van der Waals surface area contributed by atoms with Crippen molar-refractivity contribution in [2.24, 2.45) is 0 Å². The lowest BCUT2D eigenvalue weighted by Crippen LogP contribution is -2.25. The number of nitrogens with zero attached hydrogens (tertiary/aromatic N) is 1. The maximum Gasteiger partial charge on any atom is 0.310 e. The average molecular weight is 487 g/mol. The van der Waals surface area contributed by atoms with E-state index in [9.17, 15) is 14.4 Å². The van der Waals surface area contributed by atoms with Crippen molar-refractivity contribution in [1.82, 2.24) is 10.3 Å². The number of rotatable bonds is 8. The van der Waals surface area contributed by atoms with Crippen molar-refractivity contribution < 1.29 is 19.1 Å². The summed E-state index contributed by atoms with van der Waals surface area (Å²) in [4.78, 5) is 41.8. The summed E-state index contributed by atoms with van der Waals surface area (Å²) in [7, 11) is 1.33. The number of nitrogens with one attached hydrogen (secondary N) is 1. The van der Waals surface area contributed by atoms with Gasteiger partial charge >= 0.3 is 5.97 Å². The molecule has 0 spiro atoms. The van der Waals surface area contributed by atoms with Gasteiger partial charge in [-0.1, -0.05) is 60.1 Å². The number of ketones is 1. The minimum atomic E-state index is -0.377. The number of aromatic nitrogens is 1. The van der Waals surface area contributed by atoms with Crippen LogP contribution >= 0.6 is 11.6 Å². The lowest BCUT2D eigenvalue weighted by atomic mass is 9.98. The molecule has 0 bridgehead atoms. The highest BCUT2D eigenvalue weighted by Crippen LogP contribution is 2.24. The van der Waals surface area contributed by atoms with Gasteiger partial charge in [-0.2, -0.15) is 0 Å². The van der Waals surface area contributed by atoms with E-state index >= 15 is 0 Å². The SMILES string of the molecule is COC(=O)Cc1cnc(C(=O)c2ccc(C(=O)NCCc3ccc(Cl)cc3)cc2)c2ccccc12. The Morgan fingerprint density at radius 3 is 2.23 bits per heavy atom. The summed E-state index contributed by atoms with van der Waals surface area (Å²) in [6, 6.07) is 21.3. The number of amides is 1. The molecule has 4 aromatic rings. The average Bonchev–Trinajstić information content (AvgIpc) is 2.89. The highest BCUT2D eigenvalue weighted by molar-refractivity contribution is 6.30. The van der Waals surface area contributed by atoms with E-state index in [1.54, 1.807) is 30.3 Å². The number of carbonyl (C=O) groups excluding carboxylic acids is 3. The van der Waals surface area contributed by atoms with Gasteiger partial charge in [-0.3, -0.25) is 19.4 Å². The Hall–Kier alpha value is -4.03. The Labute approximate surface area is 207 Å². The molecule has 0 atom stereocenters. The molecular formula is C28H23ClN2O4. The lowest BCUT2D eigenvalue weighted by Gasteiger charge is -2.10. The lowest BCUT2D eigenvalue weighted by molar-refractivity contribution is -0.139. The normalized spacial score (nSPS) is 10.7. The molecule has 1 heterocycles. The number of halogens is 1. The maximum absolute atomic E-state index is 13.2. The molecule has 1 amide bonds. The smallest absolute Gasteiger partial charge is 0.310 e. The molecule has 0 unspecified atom stereocenters. The van der Waals surface area contributed by atoms with Gasteiger partial charge in [-0.15, -0.1) is 0 Å². The molecule has 0 fully saturated rings. The summed E-state index contributed by atoms with van der Waals surface area (Å²) >= 11 is 5.89. The van der Waals surface area contributed by atoms with E-state index in [1.165, 1.54) is 13.3 Å². The second-order valence-corrected chi connectivity index (χ2v) is 8.41. The third-order valence-electron chi connectivity index (χ3n) is 5.68. The minimum Gasteiger partial charge on any atom is -0.469 e. The number of hydrogen-bond donors (Lipinski definition) is 1. The third-order valence-corrected chi connectivity index (χ3v) is 5.93. The van der Waals surface area contributed by atoms with Crippen LogP contribution in [-0.2, 0) is 22.4 Å². The van der Waals surface area contributed by atoms with Crippen LogP contribution in [0.4, 0.5) is 0 Å². The molecule has 0 aliphatic carbocycles. The fourth-order valence-electron chi connectivity index (χ4n) is 3.78. The Bertz CT molecular complexity index is 1380. The Morgan fingerprint density at radius 1 is 0.886 bits per heavy atom. The number of hydrogen-bond acceptors (Lipinski definition) is 5. The molecule has 6 nitrogen and oxygen atoms in total. The van der Waals surface area contributed by atoms with Crippen molar-refractivity contribution in [1.29, 1.82) is 0 Å². The van der Waals surface area contributed by atoms with Crippen LogP contribution in [0, 0.1) is 0 Å². The largest absolute Gasteiger partial charge is 0.469 e. The zero-order chi connectivity index (χ0) is 24.8. The molecule has 7 heteroatoms. The number of ether oxygens (including phenoxy) is 1. The maximum atomic E-state index is 13.2. The summed E-state index contributed by atoms with van der Waals surface area (Å²) in [6.45, 7) is 0.481. The van der Waals surface area contributed by atoms with Gasteiger partial charge in [0.15, 0.2) is 0 Å².